The number of methoxy groups -OCH3 is 1. The van der Waals surface area contributed by atoms with E-state index in [1.54, 1.807) is 7.11 Å². The summed E-state index contributed by atoms with van der Waals surface area (Å²) in [4.78, 5) is 15.2. The lowest BCUT2D eigenvalue weighted by Crippen LogP contribution is -1.86. The molecule has 2 aromatic carbocycles. The zero-order valence-corrected chi connectivity index (χ0v) is 10.5. The van der Waals surface area contributed by atoms with E-state index in [0.717, 1.165) is 17.0 Å². The fourth-order valence-corrected chi connectivity index (χ4v) is 1.58. The lowest BCUT2D eigenvalue weighted by molar-refractivity contribution is 0.415. The van der Waals surface area contributed by atoms with Gasteiger partial charge in [0, 0.05) is 6.21 Å². The van der Waals surface area contributed by atoms with Gasteiger partial charge >= 0.3 is 0 Å². The third-order valence-electron chi connectivity index (χ3n) is 2.61. The second kappa shape index (κ2) is 6.34. The normalized spacial score (nSPS) is 10.2. The Bertz CT molecular complexity index is 609. The van der Waals surface area contributed by atoms with Crippen molar-refractivity contribution in [3.05, 3.63) is 60.2 Å². The maximum atomic E-state index is 11.0. The Morgan fingerprint density at radius 3 is 2.37 bits per heavy atom. The molecule has 2 rings (SSSR count). The number of nitrogens with zero attached hydrogens (tertiary/aromatic N) is 1. The van der Waals surface area contributed by atoms with Crippen LogP contribution in [0.5, 0.6) is 5.75 Å². The van der Waals surface area contributed by atoms with E-state index in [0.29, 0.717) is 5.57 Å². The van der Waals surface area contributed by atoms with E-state index in [1.165, 1.54) is 6.21 Å². The molecule has 0 aromatic heterocycles. The van der Waals surface area contributed by atoms with Gasteiger partial charge in [-0.1, -0.05) is 30.3 Å². The number of hydrogen-bond acceptors (Lipinski definition) is 3. The van der Waals surface area contributed by atoms with Crippen molar-refractivity contribution in [1.29, 1.82) is 0 Å². The number of allylic oxidation sites excluding steroid dienone is 1. The summed E-state index contributed by atoms with van der Waals surface area (Å²) in [6.45, 7) is 0. The molecule has 0 bridgehead atoms. The van der Waals surface area contributed by atoms with Gasteiger partial charge in [0.05, 0.1) is 18.4 Å². The van der Waals surface area contributed by atoms with Crippen LogP contribution in [0.25, 0.3) is 5.57 Å². The minimum atomic E-state index is 0.427. The predicted octanol–water partition coefficient (Wildman–Crippen LogP) is 3.31. The molecular weight excluding hydrogens is 238 g/mol. The summed E-state index contributed by atoms with van der Waals surface area (Å²) in [5.41, 5.74) is 1.98. The first-order valence-electron chi connectivity index (χ1n) is 5.82. The zero-order valence-electron chi connectivity index (χ0n) is 10.5. The Balaban J connectivity index is 2.19. The van der Waals surface area contributed by atoms with Crippen LogP contribution in [0.4, 0.5) is 5.69 Å². The Morgan fingerprint density at radius 1 is 1.11 bits per heavy atom. The van der Waals surface area contributed by atoms with E-state index in [4.69, 9.17) is 4.74 Å². The highest BCUT2D eigenvalue weighted by Crippen LogP contribution is 2.18. The van der Waals surface area contributed by atoms with Gasteiger partial charge in [0.2, 0.25) is 0 Å². The minimum absolute atomic E-state index is 0.427. The van der Waals surface area contributed by atoms with Crippen molar-refractivity contribution in [2.45, 2.75) is 0 Å². The van der Waals surface area contributed by atoms with Crippen molar-refractivity contribution in [2.24, 2.45) is 4.99 Å². The first-order valence-corrected chi connectivity index (χ1v) is 5.82. The van der Waals surface area contributed by atoms with Crippen LogP contribution >= 0.6 is 0 Å². The molecule has 3 nitrogen and oxygen atoms in total. The van der Waals surface area contributed by atoms with Crippen LogP contribution in [0.2, 0.25) is 0 Å². The maximum absolute atomic E-state index is 11.0. The number of aliphatic imine (C=N–C) groups is 1. The summed E-state index contributed by atoms with van der Waals surface area (Å²) in [5.74, 6) is 2.68. The summed E-state index contributed by atoms with van der Waals surface area (Å²) in [6.07, 6.45) is 1.52. The van der Waals surface area contributed by atoms with Gasteiger partial charge in [0.25, 0.3) is 0 Å². The molecule has 0 amide bonds. The first kappa shape index (κ1) is 12.8. The van der Waals surface area contributed by atoms with Crippen molar-refractivity contribution in [3.63, 3.8) is 0 Å². The highest BCUT2D eigenvalue weighted by Gasteiger charge is 1.98. The number of carbonyl (C=O) groups excluding carboxylic acids is 1. The SMILES string of the molecule is COc1ccc(N=CC(=C=O)c2ccccc2)cc1. The monoisotopic (exact) mass is 251 g/mol. The molecule has 0 fully saturated rings. The van der Waals surface area contributed by atoms with Gasteiger partial charge in [0.1, 0.15) is 11.7 Å². The molecule has 2 aromatic rings. The van der Waals surface area contributed by atoms with E-state index in [9.17, 15) is 4.79 Å². The molecule has 94 valence electrons. The van der Waals surface area contributed by atoms with Crippen LogP contribution in [0, 0.1) is 0 Å². The molecule has 19 heavy (non-hydrogen) atoms. The third kappa shape index (κ3) is 3.41. The van der Waals surface area contributed by atoms with Gasteiger partial charge in [-0.05, 0) is 29.8 Å². The fraction of sp³-hybridized carbons (Fsp3) is 0.0625. The molecule has 0 saturated heterocycles. The van der Waals surface area contributed by atoms with E-state index in [-0.39, 0.29) is 0 Å². The smallest absolute Gasteiger partial charge is 0.134 e. The van der Waals surface area contributed by atoms with Gasteiger partial charge in [0.15, 0.2) is 0 Å². The average molecular weight is 251 g/mol. The molecule has 0 unspecified atom stereocenters. The van der Waals surface area contributed by atoms with E-state index >= 15 is 0 Å². The lowest BCUT2D eigenvalue weighted by Gasteiger charge is -1.99. The molecular formula is C16H13NO2. The number of ether oxygens (including phenoxy) is 1. The van der Waals surface area contributed by atoms with Crippen molar-refractivity contribution in [2.75, 3.05) is 7.11 Å². The molecule has 3 heteroatoms. The molecule has 0 aliphatic carbocycles. The number of rotatable bonds is 4. The molecule has 0 radical (unpaired) electrons. The van der Waals surface area contributed by atoms with Crippen molar-refractivity contribution < 1.29 is 9.53 Å². The van der Waals surface area contributed by atoms with Crippen LogP contribution in [0.3, 0.4) is 0 Å². The highest BCUT2D eigenvalue weighted by molar-refractivity contribution is 6.20. The summed E-state index contributed by atoms with van der Waals surface area (Å²) >= 11 is 0. The van der Waals surface area contributed by atoms with Crippen LogP contribution in [0.1, 0.15) is 5.56 Å². The Hall–Kier alpha value is -2.64. The zero-order chi connectivity index (χ0) is 13.5. The summed E-state index contributed by atoms with van der Waals surface area (Å²) in [7, 11) is 1.61. The van der Waals surface area contributed by atoms with Gasteiger partial charge in [-0.15, -0.1) is 0 Å². The molecule has 0 aliphatic rings. The molecule has 0 aliphatic heterocycles. The molecule has 0 heterocycles. The van der Waals surface area contributed by atoms with Crippen molar-refractivity contribution in [3.8, 4) is 5.75 Å². The number of benzene rings is 2. The average Bonchev–Trinajstić information content (AvgIpc) is 2.49. The lowest BCUT2D eigenvalue weighted by atomic mass is 10.1. The third-order valence-corrected chi connectivity index (χ3v) is 2.61. The Morgan fingerprint density at radius 2 is 1.79 bits per heavy atom. The van der Waals surface area contributed by atoms with Crippen LogP contribution < -0.4 is 4.74 Å². The van der Waals surface area contributed by atoms with Crippen LogP contribution in [-0.4, -0.2) is 19.3 Å². The topological polar surface area (TPSA) is 38.7 Å². The molecule has 0 atom stereocenters. The highest BCUT2D eigenvalue weighted by atomic mass is 16.5. The largest absolute Gasteiger partial charge is 0.497 e. The van der Waals surface area contributed by atoms with Crippen molar-refractivity contribution >= 4 is 23.4 Å². The van der Waals surface area contributed by atoms with Crippen LogP contribution in [0.15, 0.2) is 59.6 Å². The fourth-order valence-electron chi connectivity index (χ4n) is 1.58. The standard InChI is InChI=1S/C16H13NO2/c1-19-16-9-7-15(8-10-16)17-11-14(12-18)13-5-3-2-4-6-13/h2-11H,1H3. The molecule has 0 spiro atoms. The second-order valence-corrected chi connectivity index (χ2v) is 3.84. The second-order valence-electron chi connectivity index (χ2n) is 3.84. The van der Waals surface area contributed by atoms with Gasteiger partial charge in [-0.3, -0.25) is 4.99 Å². The predicted molar refractivity (Wildman–Crippen MR) is 76.7 cm³/mol. The van der Waals surface area contributed by atoms with Gasteiger partial charge < -0.3 is 4.74 Å². The summed E-state index contributed by atoms with van der Waals surface area (Å²) in [6, 6.07) is 16.6. The maximum Gasteiger partial charge on any atom is 0.134 e. The van der Waals surface area contributed by atoms with Gasteiger partial charge in [-0.2, -0.15) is 0 Å². The van der Waals surface area contributed by atoms with E-state index < -0.39 is 0 Å². The summed E-state index contributed by atoms with van der Waals surface area (Å²) in [5, 5.41) is 0. The minimum Gasteiger partial charge on any atom is -0.497 e. The van der Waals surface area contributed by atoms with Gasteiger partial charge in [-0.25, -0.2) is 4.79 Å². The van der Waals surface area contributed by atoms with E-state index in [2.05, 4.69) is 4.99 Å². The summed E-state index contributed by atoms with van der Waals surface area (Å²) < 4.78 is 5.07. The van der Waals surface area contributed by atoms with Crippen molar-refractivity contribution in [1.82, 2.24) is 0 Å². The van der Waals surface area contributed by atoms with E-state index in [1.807, 2.05) is 60.5 Å². The molecule has 0 N–H and O–H groups in total. The Labute approximate surface area is 111 Å². The first-order chi connectivity index (χ1) is 9.33. The molecule has 0 saturated carbocycles. The number of hydrogen-bond donors (Lipinski definition) is 0. The quantitative estimate of drug-likeness (QED) is 0.617. The Kier molecular flexibility index (Phi) is 4.27. The van der Waals surface area contributed by atoms with Crippen LogP contribution in [-0.2, 0) is 4.79 Å².